The first-order valence-corrected chi connectivity index (χ1v) is 6.08. The predicted octanol–water partition coefficient (Wildman–Crippen LogP) is 1.80. The molecule has 0 amide bonds. The average molecular weight is 234 g/mol. The molecule has 16 heavy (non-hydrogen) atoms. The van der Waals surface area contributed by atoms with Crippen LogP contribution in [0.15, 0.2) is 17.0 Å². The zero-order valence-electron chi connectivity index (χ0n) is 9.34. The van der Waals surface area contributed by atoms with E-state index >= 15 is 0 Å². The van der Waals surface area contributed by atoms with Gasteiger partial charge in [0.25, 0.3) is 0 Å². The summed E-state index contributed by atoms with van der Waals surface area (Å²) >= 11 is 1.54. The normalized spacial score (nSPS) is 12.7. The Hall–Kier alpha value is -1.33. The van der Waals surface area contributed by atoms with Gasteiger partial charge in [0.2, 0.25) is 0 Å². The smallest absolute Gasteiger partial charge is 0.179 e. The van der Waals surface area contributed by atoms with Crippen LogP contribution in [0.2, 0.25) is 0 Å². The molecule has 2 N–H and O–H groups in total. The second kappa shape index (κ2) is 4.67. The number of nitrogens with zero attached hydrogens (tertiary/aromatic N) is 3. The molecule has 0 fully saturated rings. The summed E-state index contributed by atoms with van der Waals surface area (Å²) in [5.74, 6) is 0.692. The predicted molar refractivity (Wildman–Crippen MR) is 65.2 cm³/mol. The van der Waals surface area contributed by atoms with E-state index < -0.39 is 0 Å². The van der Waals surface area contributed by atoms with E-state index in [-0.39, 0.29) is 6.04 Å². The quantitative estimate of drug-likeness (QED) is 0.879. The fourth-order valence-corrected chi connectivity index (χ4v) is 2.04. The van der Waals surface area contributed by atoms with Crippen molar-refractivity contribution in [2.24, 2.45) is 5.73 Å². The first-order valence-electron chi connectivity index (χ1n) is 5.14. The largest absolute Gasteiger partial charge is 0.328 e. The fraction of sp³-hybridized carbons (Fsp3) is 0.364. The lowest BCUT2D eigenvalue weighted by atomic mass is 10.1. The molecule has 2 heterocycles. The van der Waals surface area contributed by atoms with Crippen LogP contribution in [-0.4, -0.2) is 21.0 Å². The van der Waals surface area contributed by atoms with Crippen molar-refractivity contribution < 1.29 is 0 Å². The van der Waals surface area contributed by atoms with Crippen molar-refractivity contribution >= 4 is 11.3 Å². The van der Waals surface area contributed by atoms with E-state index in [1.165, 1.54) is 0 Å². The molecule has 0 aromatic carbocycles. The number of aryl methyl sites for hydroxylation is 1. The highest BCUT2D eigenvalue weighted by Gasteiger charge is 2.07. The van der Waals surface area contributed by atoms with Crippen LogP contribution in [0.1, 0.15) is 18.3 Å². The second-order valence-corrected chi connectivity index (χ2v) is 4.60. The molecule has 0 aliphatic rings. The van der Waals surface area contributed by atoms with Crippen LogP contribution in [0.4, 0.5) is 0 Å². The molecule has 0 bridgehead atoms. The van der Waals surface area contributed by atoms with E-state index in [4.69, 9.17) is 5.73 Å². The van der Waals surface area contributed by atoms with Gasteiger partial charge in [0, 0.05) is 29.2 Å². The first-order chi connectivity index (χ1) is 7.65. The molecule has 1 atom stereocenters. The fourth-order valence-electron chi connectivity index (χ4n) is 1.51. The molecule has 2 aromatic rings. The lowest BCUT2D eigenvalue weighted by molar-refractivity contribution is 0.719. The number of hydrogen-bond acceptors (Lipinski definition) is 5. The van der Waals surface area contributed by atoms with Gasteiger partial charge in [0.1, 0.15) is 5.69 Å². The van der Waals surface area contributed by atoms with Crippen LogP contribution >= 0.6 is 11.3 Å². The van der Waals surface area contributed by atoms with Crippen LogP contribution in [0.5, 0.6) is 0 Å². The average Bonchev–Trinajstić information content (AvgIpc) is 2.67. The van der Waals surface area contributed by atoms with Crippen LogP contribution in [-0.2, 0) is 6.42 Å². The molecule has 4 nitrogen and oxygen atoms in total. The molecule has 0 aliphatic heterocycles. The Kier molecular flexibility index (Phi) is 3.26. The second-order valence-electron chi connectivity index (χ2n) is 3.88. The Labute approximate surface area is 98.6 Å². The highest BCUT2D eigenvalue weighted by atomic mass is 32.1. The molecule has 0 spiro atoms. The van der Waals surface area contributed by atoms with E-state index in [0.29, 0.717) is 5.82 Å². The van der Waals surface area contributed by atoms with Gasteiger partial charge < -0.3 is 5.73 Å². The topological polar surface area (TPSA) is 64.7 Å². The zero-order valence-corrected chi connectivity index (χ0v) is 10.2. The maximum Gasteiger partial charge on any atom is 0.179 e. The van der Waals surface area contributed by atoms with Crippen molar-refractivity contribution in [2.75, 3.05) is 0 Å². The van der Waals surface area contributed by atoms with Gasteiger partial charge in [-0.3, -0.25) is 0 Å². The Morgan fingerprint density at radius 1 is 1.44 bits per heavy atom. The van der Waals surface area contributed by atoms with Gasteiger partial charge in [0.05, 0.1) is 5.51 Å². The summed E-state index contributed by atoms with van der Waals surface area (Å²) in [6.07, 6.45) is 0.764. The lowest BCUT2D eigenvalue weighted by Crippen LogP contribution is -2.19. The molecule has 84 valence electrons. The van der Waals surface area contributed by atoms with Gasteiger partial charge in [0.15, 0.2) is 5.82 Å². The Balaban J connectivity index is 2.36. The molecular formula is C11H14N4S. The Morgan fingerprint density at radius 3 is 2.88 bits per heavy atom. The zero-order chi connectivity index (χ0) is 11.5. The SMILES string of the molecule is Cc1cc(CC(C)N)nc(-c2cscn2)n1. The standard InChI is InChI=1S/C11H14N4S/c1-7(12)3-9-4-8(2)14-11(15-9)10-5-16-6-13-10/h4-7H,3,12H2,1-2H3. The number of thiazole rings is 1. The van der Waals surface area contributed by atoms with E-state index in [0.717, 1.165) is 23.5 Å². The van der Waals surface area contributed by atoms with Gasteiger partial charge in [-0.2, -0.15) is 0 Å². The van der Waals surface area contributed by atoms with Crippen molar-refractivity contribution in [3.05, 3.63) is 28.3 Å². The summed E-state index contributed by atoms with van der Waals surface area (Å²) in [7, 11) is 0. The van der Waals surface area contributed by atoms with Crippen LogP contribution < -0.4 is 5.73 Å². The highest BCUT2D eigenvalue weighted by Crippen LogP contribution is 2.16. The van der Waals surface area contributed by atoms with Gasteiger partial charge >= 0.3 is 0 Å². The number of hydrogen-bond donors (Lipinski definition) is 1. The van der Waals surface area contributed by atoms with Crippen molar-refractivity contribution in [1.82, 2.24) is 15.0 Å². The Morgan fingerprint density at radius 2 is 2.25 bits per heavy atom. The van der Waals surface area contributed by atoms with Crippen molar-refractivity contribution in [3.8, 4) is 11.5 Å². The summed E-state index contributed by atoms with van der Waals surface area (Å²) in [6.45, 7) is 3.93. The van der Waals surface area contributed by atoms with Crippen molar-refractivity contribution in [3.63, 3.8) is 0 Å². The summed E-state index contributed by atoms with van der Waals surface area (Å²) in [5, 5.41) is 1.95. The molecular weight excluding hydrogens is 220 g/mol. The maximum atomic E-state index is 5.77. The minimum absolute atomic E-state index is 0.109. The third-order valence-electron chi connectivity index (χ3n) is 2.10. The number of aromatic nitrogens is 3. The van der Waals surface area contributed by atoms with Crippen LogP contribution in [0.25, 0.3) is 11.5 Å². The maximum absolute atomic E-state index is 5.77. The lowest BCUT2D eigenvalue weighted by Gasteiger charge is -2.06. The molecule has 5 heteroatoms. The molecule has 2 aromatic heterocycles. The van der Waals surface area contributed by atoms with Crippen molar-refractivity contribution in [2.45, 2.75) is 26.3 Å². The van der Waals surface area contributed by atoms with Crippen LogP contribution in [0, 0.1) is 6.92 Å². The molecule has 0 radical (unpaired) electrons. The van der Waals surface area contributed by atoms with Gasteiger partial charge in [-0.1, -0.05) is 0 Å². The monoisotopic (exact) mass is 234 g/mol. The van der Waals surface area contributed by atoms with Gasteiger partial charge in [-0.05, 0) is 19.9 Å². The van der Waals surface area contributed by atoms with Crippen LogP contribution in [0.3, 0.4) is 0 Å². The molecule has 0 saturated heterocycles. The van der Waals surface area contributed by atoms with Crippen molar-refractivity contribution in [1.29, 1.82) is 0 Å². The molecule has 2 rings (SSSR count). The van der Waals surface area contributed by atoms with E-state index in [9.17, 15) is 0 Å². The number of nitrogens with two attached hydrogens (primary N) is 1. The summed E-state index contributed by atoms with van der Waals surface area (Å²) in [6, 6.07) is 2.08. The Bertz CT molecular complexity index is 465. The molecule has 0 aliphatic carbocycles. The number of rotatable bonds is 3. The van der Waals surface area contributed by atoms with E-state index in [1.54, 1.807) is 16.8 Å². The third-order valence-corrected chi connectivity index (χ3v) is 2.69. The summed E-state index contributed by atoms with van der Waals surface area (Å²) in [5.41, 5.74) is 10.3. The molecule has 1 unspecified atom stereocenters. The molecule has 0 saturated carbocycles. The summed E-state index contributed by atoms with van der Waals surface area (Å²) in [4.78, 5) is 13.1. The minimum Gasteiger partial charge on any atom is -0.328 e. The van der Waals surface area contributed by atoms with Gasteiger partial charge in [-0.15, -0.1) is 11.3 Å². The highest BCUT2D eigenvalue weighted by molar-refractivity contribution is 7.07. The minimum atomic E-state index is 0.109. The van der Waals surface area contributed by atoms with E-state index in [1.807, 2.05) is 25.3 Å². The van der Waals surface area contributed by atoms with Gasteiger partial charge in [-0.25, -0.2) is 15.0 Å². The third kappa shape index (κ3) is 2.62. The first kappa shape index (κ1) is 11.2. The van der Waals surface area contributed by atoms with E-state index in [2.05, 4.69) is 15.0 Å². The summed E-state index contributed by atoms with van der Waals surface area (Å²) < 4.78 is 0.